The second-order valence-corrected chi connectivity index (χ2v) is 9.33. The van der Waals surface area contributed by atoms with E-state index in [2.05, 4.69) is 16.9 Å². The van der Waals surface area contributed by atoms with E-state index in [1.165, 1.54) is 9.44 Å². The van der Waals surface area contributed by atoms with Crippen molar-refractivity contribution in [1.82, 2.24) is 9.55 Å². The molecule has 9 heteroatoms. The first-order valence-corrected chi connectivity index (χ1v) is 11.8. The molecule has 4 rings (SSSR count). The van der Waals surface area contributed by atoms with Crippen LogP contribution in [0, 0.1) is 11.6 Å². The van der Waals surface area contributed by atoms with Crippen molar-refractivity contribution in [1.29, 1.82) is 0 Å². The average Bonchev–Trinajstić information content (AvgIpc) is 2.92. The topological polar surface area (TPSA) is 64.0 Å². The summed E-state index contributed by atoms with van der Waals surface area (Å²) in [5.74, 6) is -1.98. The zero-order chi connectivity index (χ0) is 22.0. The largest absolute Gasteiger partial charge is 0.323 e. The first-order valence-electron chi connectivity index (χ1n) is 10.0. The number of aromatic nitrogens is 2. The Morgan fingerprint density at radius 2 is 2.10 bits per heavy atom. The molecule has 162 valence electrons. The number of fused-ring (bicyclic) bond motifs is 3. The Morgan fingerprint density at radius 1 is 1.29 bits per heavy atom. The fraction of sp³-hybridized carbons (Fsp3) is 0.318. The second kappa shape index (κ2) is 9.32. The number of thiophene rings is 1. The molecule has 5 nitrogen and oxygen atoms in total. The molecule has 1 aliphatic carbocycles. The summed E-state index contributed by atoms with van der Waals surface area (Å²) in [5.41, 5.74) is 0.770. The molecular weight excluding hydrogens is 440 g/mol. The lowest BCUT2D eigenvalue weighted by Gasteiger charge is -2.11. The van der Waals surface area contributed by atoms with Crippen LogP contribution < -0.4 is 10.9 Å². The fourth-order valence-electron chi connectivity index (χ4n) is 3.71. The lowest BCUT2D eigenvalue weighted by Crippen LogP contribution is -2.24. The molecule has 31 heavy (non-hydrogen) atoms. The number of carbonyl (C=O) groups excluding carboxylic acids is 1. The van der Waals surface area contributed by atoms with Crippen molar-refractivity contribution in [3.05, 3.63) is 63.3 Å². The van der Waals surface area contributed by atoms with Gasteiger partial charge in [-0.1, -0.05) is 24.3 Å². The summed E-state index contributed by atoms with van der Waals surface area (Å²) < 4.78 is 28.6. The lowest BCUT2D eigenvalue weighted by atomic mass is 10.1. The quantitative estimate of drug-likeness (QED) is 0.245. The summed E-state index contributed by atoms with van der Waals surface area (Å²) in [7, 11) is 0. The van der Waals surface area contributed by atoms with E-state index >= 15 is 0 Å². The predicted molar refractivity (Wildman–Crippen MR) is 121 cm³/mol. The van der Waals surface area contributed by atoms with Crippen LogP contribution in [0.2, 0.25) is 0 Å². The van der Waals surface area contributed by atoms with Crippen LogP contribution in [-0.2, 0) is 24.2 Å². The molecule has 0 saturated heterocycles. The Morgan fingerprint density at radius 3 is 2.90 bits per heavy atom. The summed E-state index contributed by atoms with van der Waals surface area (Å²) in [6.45, 7) is 4.00. The standard InChI is InChI=1S/C22H21F2N3O2S2/c1-2-10-27-21(29)19-14-6-4-3-5-7-17(14)31-20(19)26-22(27)30-12-18(28)25-16-11-13(23)8-9-15(16)24/h2,8-9,11H,1,3-7,10,12H2,(H,25,28). The van der Waals surface area contributed by atoms with Gasteiger partial charge in [-0.25, -0.2) is 13.8 Å². The average molecular weight is 462 g/mol. The maximum absolute atomic E-state index is 13.8. The lowest BCUT2D eigenvalue weighted by molar-refractivity contribution is -0.113. The van der Waals surface area contributed by atoms with Gasteiger partial charge in [0, 0.05) is 17.5 Å². The molecule has 1 amide bonds. The zero-order valence-corrected chi connectivity index (χ0v) is 18.4. The number of allylic oxidation sites excluding steroid dienone is 1. The van der Waals surface area contributed by atoms with E-state index in [0.717, 1.165) is 67.6 Å². The van der Waals surface area contributed by atoms with Crippen LogP contribution in [0.1, 0.15) is 29.7 Å². The molecule has 3 aromatic rings. The molecule has 1 aliphatic rings. The van der Waals surface area contributed by atoms with E-state index in [0.29, 0.717) is 15.4 Å². The molecule has 1 N–H and O–H groups in total. The van der Waals surface area contributed by atoms with E-state index in [9.17, 15) is 18.4 Å². The van der Waals surface area contributed by atoms with Crippen LogP contribution in [0.4, 0.5) is 14.5 Å². The first-order chi connectivity index (χ1) is 15.0. The van der Waals surface area contributed by atoms with E-state index in [1.54, 1.807) is 17.4 Å². The smallest absolute Gasteiger partial charge is 0.263 e. The molecule has 0 unspecified atom stereocenters. The number of aryl methyl sites for hydroxylation is 2. The highest BCUT2D eigenvalue weighted by molar-refractivity contribution is 7.99. The fourth-order valence-corrected chi connectivity index (χ4v) is 5.82. The van der Waals surface area contributed by atoms with E-state index in [1.807, 2.05) is 0 Å². The Kier molecular flexibility index (Phi) is 6.52. The SMILES string of the molecule is C=CCn1c(SCC(=O)Nc2cc(F)ccc2F)nc2sc3c(c2c1=O)CCCCC3. The van der Waals surface area contributed by atoms with Gasteiger partial charge in [-0.05, 0) is 43.4 Å². The summed E-state index contributed by atoms with van der Waals surface area (Å²) in [6.07, 6.45) is 6.79. The zero-order valence-electron chi connectivity index (χ0n) is 16.7. The normalized spacial score (nSPS) is 13.6. The van der Waals surface area contributed by atoms with Crippen molar-refractivity contribution < 1.29 is 13.6 Å². The number of hydrogen-bond donors (Lipinski definition) is 1. The van der Waals surface area contributed by atoms with Crippen LogP contribution in [0.5, 0.6) is 0 Å². The first kappa shape index (κ1) is 21.7. The van der Waals surface area contributed by atoms with Crippen molar-refractivity contribution in [3.8, 4) is 0 Å². The monoisotopic (exact) mass is 461 g/mol. The molecule has 0 radical (unpaired) electrons. The minimum Gasteiger partial charge on any atom is -0.323 e. The number of nitrogens with zero attached hydrogens (tertiary/aromatic N) is 2. The number of anilines is 1. The third-order valence-corrected chi connectivity index (χ3v) is 7.30. The number of thioether (sulfide) groups is 1. The molecule has 0 aliphatic heterocycles. The van der Waals surface area contributed by atoms with Gasteiger partial charge in [0.15, 0.2) is 5.16 Å². The van der Waals surface area contributed by atoms with Gasteiger partial charge in [0.05, 0.1) is 16.8 Å². The highest BCUT2D eigenvalue weighted by Gasteiger charge is 2.21. The predicted octanol–water partition coefficient (Wildman–Crippen LogP) is 4.92. The summed E-state index contributed by atoms with van der Waals surface area (Å²) in [6, 6.07) is 2.86. The minimum atomic E-state index is -0.719. The maximum Gasteiger partial charge on any atom is 0.263 e. The summed E-state index contributed by atoms with van der Waals surface area (Å²) >= 11 is 2.64. The van der Waals surface area contributed by atoms with Crippen molar-refractivity contribution in [2.45, 2.75) is 43.8 Å². The Hall–Kier alpha value is -2.52. The van der Waals surface area contributed by atoms with Crippen molar-refractivity contribution >= 4 is 44.9 Å². The molecule has 0 atom stereocenters. The number of benzene rings is 1. The molecule has 2 heterocycles. The van der Waals surface area contributed by atoms with Gasteiger partial charge in [0.25, 0.3) is 5.56 Å². The van der Waals surface area contributed by atoms with Crippen LogP contribution in [0.15, 0.2) is 40.8 Å². The number of nitrogens with one attached hydrogen (secondary N) is 1. The van der Waals surface area contributed by atoms with Crippen LogP contribution in [0.25, 0.3) is 10.2 Å². The Balaban J connectivity index is 1.61. The molecule has 0 fully saturated rings. The van der Waals surface area contributed by atoms with E-state index in [4.69, 9.17) is 0 Å². The highest BCUT2D eigenvalue weighted by atomic mass is 32.2. The molecule has 1 aromatic carbocycles. The molecule has 2 aromatic heterocycles. The van der Waals surface area contributed by atoms with E-state index < -0.39 is 17.5 Å². The van der Waals surface area contributed by atoms with Crippen molar-refractivity contribution in [2.75, 3.05) is 11.1 Å². The Bertz CT molecular complexity index is 1220. The van der Waals surface area contributed by atoms with Gasteiger partial charge in [-0.2, -0.15) is 0 Å². The minimum absolute atomic E-state index is 0.101. The number of halogens is 2. The molecular formula is C22H21F2N3O2S2. The summed E-state index contributed by atoms with van der Waals surface area (Å²) in [4.78, 5) is 32.2. The van der Waals surface area contributed by atoms with Crippen LogP contribution >= 0.6 is 23.1 Å². The number of hydrogen-bond acceptors (Lipinski definition) is 5. The van der Waals surface area contributed by atoms with Crippen LogP contribution in [-0.4, -0.2) is 21.2 Å². The Labute approximate surface area is 186 Å². The van der Waals surface area contributed by atoms with Gasteiger partial charge >= 0.3 is 0 Å². The third kappa shape index (κ3) is 4.57. The maximum atomic E-state index is 13.8. The van der Waals surface area contributed by atoms with Gasteiger partial charge in [0.1, 0.15) is 16.5 Å². The van der Waals surface area contributed by atoms with Gasteiger partial charge in [-0.3, -0.25) is 14.2 Å². The van der Waals surface area contributed by atoms with Crippen molar-refractivity contribution in [3.63, 3.8) is 0 Å². The van der Waals surface area contributed by atoms with Gasteiger partial charge < -0.3 is 5.32 Å². The second-order valence-electron chi connectivity index (χ2n) is 7.30. The highest BCUT2D eigenvalue weighted by Crippen LogP contribution is 2.34. The number of rotatable bonds is 6. The van der Waals surface area contributed by atoms with Gasteiger partial charge in [0.2, 0.25) is 5.91 Å². The summed E-state index contributed by atoms with van der Waals surface area (Å²) in [5, 5.41) is 3.45. The van der Waals surface area contributed by atoms with E-state index in [-0.39, 0.29) is 23.5 Å². The molecule has 0 spiro atoms. The van der Waals surface area contributed by atoms with Crippen molar-refractivity contribution in [2.24, 2.45) is 0 Å². The van der Waals surface area contributed by atoms with Gasteiger partial charge in [-0.15, -0.1) is 17.9 Å². The third-order valence-electron chi connectivity index (χ3n) is 5.14. The molecule has 0 bridgehead atoms. The number of amides is 1. The molecule has 0 saturated carbocycles. The number of carbonyl (C=O) groups is 1. The van der Waals surface area contributed by atoms with Crippen LogP contribution in [0.3, 0.4) is 0 Å².